The van der Waals surface area contributed by atoms with Gasteiger partial charge in [0.2, 0.25) is 0 Å². The fourth-order valence-electron chi connectivity index (χ4n) is 2.58. The van der Waals surface area contributed by atoms with E-state index >= 15 is 0 Å². The summed E-state index contributed by atoms with van der Waals surface area (Å²) in [5.74, 6) is 0. The van der Waals surface area contributed by atoms with Gasteiger partial charge < -0.3 is 10.6 Å². The van der Waals surface area contributed by atoms with E-state index in [2.05, 4.69) is 47.9 Å². The number of hydrogen-bond donors (Lipinski definition) is 2. The van der Waals surface area contributed by atoms with Gasteiger partial charge in [-0.2, -0.15) is 0 Å². The van der Waals surface area contributed by atoms with Crippen LogP contribution in [0.2, 0.25) is 0 Å². The first-order chi connectivity index (χ1) is 8.78. The van der Waals surface area contributed by atoms with Gasteiger partial charge >= 0.3 is 0 Å². The van der Waals surface area contributed by atoms with Crippen LogP contribution in [0.15, 0.2) is 30.3 Å². The molecule has 1 atom stereocenters. The van der Waals surface area contributed by atoms with Crippen molar-refractivity contribution in [3.05, 3.63) is 35.9 Å². The molecule has 0 radical (unpaired) electrons. The van der Waals surface area contributed by atoms with Crippen LogP contribution in [-0.4, -0.2) is 25.2 Å². The van der Waals surface area contributed by atoms with Crippen molar-refractivity contribution in [1.29, 1.82) is 0 Å². The summed E-state index contributed by atoms with van der Waals surface area (Å²) in [6.45, 7) is 4.52. The Bertz CT molecular complexity index is 379. The van der Waals surface area contributed by atoms with Crippen LogP contribution >= 0.6 is 0 Å². The van der Waals surface area contributed by atoms with Crippen molar-refractivity contribution < 1.29 is 0 Å². The Morgan fingerprint density at radius 1 is 1.22 bits per heavy atom. The molecule has 2 heteroatoms. The molecule has 1 unspecified atom stereocenters. The van der Waals surface area contributed by atoms with E-state index in [1.54, 1.807) is 0 Å². The highest BCUT2D eigenvalue weighted by molar-refractivity contribution is 5.31. The summed E-state index contributed by atoms with van der Waals surface area (Å²) in [5.41, 5.74) is 1.95. The van der Waals surface area contributed by atoms with E-state index in [0.29, 0.717) is 11.5 Å². The lowest BCUT2D eigenvalue weighted by Crippen LogP contribution is -2.40. The van der Waals surface area contributed by atoms with Crippen LogP contribution in [0.1, 0.15) is 38.2 Å². The average Bonchev–Trinajstić information content (AvgIpc) is 3.29. The highest BCUT2D eigenvalue weighted by Crippen LogP contribution is 2.47. The number of rotatable bonds is 7. The molecule has 0 heterocycles. The molecule has 0 spiro atoms. The molecule has 18 heavy (non-hydrogen) atoms. The molecule has 0 aliphatic heterocycles. The molecule has 2 saturated carbocycles. The van der Waals surface area contributed by atoms with Gasteiger partial charge in [-0.15, -0.1) is 0 Å². The fraction of sp³-hybridized carbons (Fsp3) is 0.625. The van der Waals surface area contributed by atoms with Gasteiger partial charge in [-0.1, -0.05) is 30.3 Å². The normalized spacial score (nSPS) is 22.7. The minimum Gasteiger partial charge on any atom is -0.312 e. The Morgan fingerprint density at radius 3 is 2.56 bits per heavy atom. The Labute approximate surface area is 110 Å². The highest BCUT2D eigenvalue weighted by Gasteiger charge is 2.43. The molecule has 2 N–H and O–H groups in total. The molecule has 98 valence electrons. The number of benzene rings is 1. The van der Waals surface area contributed by atoms with Crippen molar-refractivity contribution in [1.82, 2.24) is 10.6 Å². The minimum absolute atomic E-state index is 0.440. The zero-order valence-corrected chi connectivity index (χ0v) is 11.3. The summed E-state index contributed by atoms with van der Waals surface area (Å²) in [4.78, 5) is 0. The smallest absolute Gasteiger partial charge is 0.0164 e. The van der Waals surface area contributed by atoms with E-state index in [1.165, 1.54) is 31.2 Å². The first-order valence-electron chi connectivity index (χ1n) is 7.31. The summed E-state index contributed by atoms with van der Waals surface area (Å²) in [5, 5.41) is 7.29. The first kappa shape index (κ1) is 12.2. The van der Waals surface area contributed by atoms with Gasteiger partial charge in [-0.05, 0) is 38.2 Å². The lowest BCUT2D eigenvalue weighted by Gasteiger charge is -2.21. The summed E-state index contributed by atoms with van der Waals surface area (Å²) in [7, 11) is 0. The summed E-state index contributed by atoms with van der Waals surface area (Å²) >= 11 is 0. The third kappa shape index (κ3) is 2.93. The van der Waals surface area contributed by atoms with E-state index < -0.39 is 0 Å². The maximum atomic E-state index is 3.70. The Hall–Kier alpha value is -0.860. The van der Waals surface area contributed by atoms with Crippen molar-refractivity contribution >= 4 is 0 Å². The van der Waals surface area contributed by atoms with Crippen molar-refractivity contribution in [3.8, 4) is 0 Å². The Morgan fingerprint density at radius 2 is 1.94 bits per heavy atom. The van der Waals surface area contributed by atoms with E-state index in [9.17, 15) is 0 Å². The maximum absolute atomic E-state index is 3.70. The molecule has 2 fully saturated rings. The van der Waals surface area contributed by atoms with E-state index in [4.69, 9.17) is 0 Å². The van der Waals surface area contributed by atoms with E-state index in [-0.39, 0.29) is 0 Å². The van der Waals surface area contributed by atoms with E-state index in [1.807, 2.05) is 0 Å². The molecule has 2 aliphatic rings. The molecular formula is C16H24N2. The van der Waals surface area contributed by atoms with Crippen LogP contribution < -0.4 is 10.6 Å². The van der Waals surface area contributed by atoms with Gasteiger partial charge in [0.25, 0.3) is 0 Å². The second kappa shape index (κ2) is 5.02. The largest absolute Gasteiger partial charge is 0.312 e. The molecule has 2 nitrogen and oxygen atoms in total. The van der Waals surface area contributed by atoms with Gasteiger partial charge in [0.1, 0.15) is 0 Å². The van der Waals surface area contributed by atoms with Gasteiger partial charge in [-0.25, -0.2) is 0 Å². The molecule has 0 amide bonds. The van der Waals surface area contributed by atoms with Gasteiger partial charge in [0.15, 0.2) is 0 Å². The van der Waals surface area contributed by atoms with Crippen LogP contribution in [0.5, 0.6) is 0 Å². The first-order valence-corrected chi connectivity index (χ1v) is 7.31. The second-order valence-electron chi connectivity index (χ2n) is 6.11. The third-order valence-electron chi connectivity index (χ3n) is 4.32. The zero-order chi connectivity index (χ0) is 12.4. The highest BCUT2D eigenvalue weighted by atomic mass is 15.0. The molecule has 0 bridgehead atoms. The second-order valence-corrected chi connectivity index (χ2v) is 6.11. The van der Waals surface area contributed by atoms with Crippen molar-refractivity contribution in [2.45, 2.75) is 50.1 Å². The SMILES string of the molecule is CC(CNC1CC1)NCC1(c2ccccc2)CC1. The zero-order valence-electron chi connectivity index (χ0n) is 11.3. The van der Waals surface area contributed by atoms with Crippen molar-refractivity contribution in [3.63, 3.8) is 0 Å². The molecule has 0 saturated heterocycles. The van der Waals surface area contributed by atoms with Crippen LogP contribution in [0.4, 0.5) is 0 Å². The monoisotopic (exact) mass is 244 g/mol. The fourth-order valence-corrected chi connectivity index (χ4v) is 2.58. The predicted molar refractivity (Wildman–Crippen MR) is 75.8 cm³/mol. The topological polar surface area (TPSA) is 24.1 Å². The van der Waals surface area contributed by atoms with Crippen LogP contribution in [0, 0.1) is 0 Å². The van der Waals surface area contributed by atoms with Crippen molar-refractivity contribution in [2.75, 3.05) is 13.1 Å². The Kier molecular flexibility index (Phi) is 3.40. The molecular weight excluding hydrogens is 220 g/mol. The quantitative estimate of drug-likeness (QED) is 0.770. The lowest BCUT2D eigenvalue weighted by atomic mass is 9.96. The number of hydrogen-bond acceptors (Lipinski definition) is 2. The third-order valence-corrected chi connectivity index (χ3v) is 4.32. The minimum atomic E-state index is 0.440. The van der Waals surface area contributed by atoms with Gasteiger partial charge in [-0.3, -0.25) is 0 Å². The molecule has 3 rings (SSSR count). The average molecular weight is 244 g/mol. The van der Waals surface area contributed by atoms with Gasteiger partial charge in [0.05, 0.1) is 0 Å². The predicted octanol–water partition coefficient (Wildman–Crippen LogP) is 2.45. The van der Waals surface area contributed by atoms with Crippen LogP contribution in [0.3, 0.4) is 0 Å². The molecule has 1 aromatic rings. The standard InChI is InChI=1S/C16H24N2/c1-13(11-17-15-7-8-15)18-12-16(9-10-16)14-5-3-2-4-6-14/h2-6,13,15,17-18H,7-12H2,1H3. The summed E-state index contributed by atoms with van der Waals surface area (Å²) in [6.07, 6.45) is 5.43. The van der Waals surface area contributed by atoms with Gasteiger partial charge in [0, 0.05) is 30.6 Å². The summed E-state index contributed by atoms with van der Waals surface area (Å²) < 4.78 is 0. The molecule has 0 aromatic heterocycles. The molecule has 2 aliphatic carbocycles. The summed E-state index contributed by atoms with van der Waals surface area (Å²) in [6, 6.07) is 12.4. The number of nitrogens with one attached hydrogen (secondary N) is 2. The Balaban J connectivity index is 1.47. The van der Waals surface area contributed by atoms with Crippen molar-refractivity contribution in [2.24, 2.45) is 0 Å². The maximum Gasteiger partial charge on any atom is 0.0164 e. The van der Waals surface area contributed by atoms with Crippen LogP contribution in [0.25, 0.3) is 0 Å². The lowest BCUT2D eigenvalue weighted by molar-refractivity contribution is 0.467. The van der Waals surface area contributed by atoms with Crippen LogP contribution in [-0.2, 0) is 5.41 Å². The van der Waals surface area contributed by atoms with E-state index in [0.717, 1.165) is 19.1 Å². The molecule has 1 aromatic carbocycles.